The van der Waals surface area contributed by atoms with Crippen molar-refractivity contribution < 1.29 is 4.74 Å². The van der Waals surface area contributed by atoms with Crippen LogP contribution in [0.4, 0.5) is 0 Å². The van der Waals surface area contributed by atoms with Crippen LogP contribution in [0.5, 0.6) is 0 Å². The second-order valence-electron chi connectivity index (χ2n) is 7.81. The minimum atomic E-state index is 0.258. The number of nitrogens with zero attached hydrogens (tertiary/aromatic N) is 2. The number of aliphatic imine (C=N–C) groups is 1. The summed E-state index contributed by atoms with van der Waals surface area (Å²) in [4.78, 5) is 6.95. The Bertz CT molecular complexity index is 593. The maximum atomic E-state index is 5.33. The van der Waals surface area contributed by atoms with Gasteiger partial charge in [0.2, 0.25) is 0 Å². The molecule has 4 heteroatoms. The van der Waals surface area contributed by atoms with E-state index >= 15 is 0 Å². The highest BCUT2D eigenvalue weighted by molar-refractivity contribution is 5.80. The van der Waals surface area contributed by atoms with Gasteiger partial charge in [-0.1, -0.05) is 42.7 Å². The summed E-state index contributed by atoms with van der Waals surface area (Å²) in [6.07, 6.45) is 6.39. The number of rotatable bonds is 5. The smallest absolute Gasteiger partial charge is 0.193 e. The quantitative estimate of drug-likeness (QED) is 0.658. The Morgan fingerprint density at radius 3 is 2.84 bits per heavy atom. The van der Waals surface area contributed by atoms with Gasteiger partial charge in [-0.15, -0.1) is 0 Å². The summed E-state index contributed by atoms with van der Waals surface area (Å²) in [7, 11) is 3.70. The molecule has 1 saturated heterocycles. The summed E-state index contributed by atoms with van der Waals surface area (Å²) >= 11 is 0. The summed E-state index contributed by atoms with van der Waals surface area (Å²) in [6, 6.07) is 9.08. The van der Waals surface area contributed by atoms with Crippen molar-refractivity contribution in [2.75, 3.05) is 40.4 Å². The lowest BCUT2D eigenvalue weighted by atomic mass is 9.78. The largest absolute Gasteiger partial charge is 0.384 e. The third-order valence-electron chi connectivity index (χ3n) is 5.98. The molecule has 138 valence electrons. The van der Waals surface area contributed by atoms with E-state index in [1.54, 1.807) is 7.11 Å². The van der Waals surface area contributed by atoms with Crippen LogP contribution in [0.1, 0.15) is 43.2 Å². The van der Waals surface area contributed by atoms with E-state index in [0.29, 0.717) is 5.92 Å². The van der Waals surface area contributed by atoms with Crippen LogP contribution in [0.25, 0.3) is 0 Å². The monoisotopic (exact) mass is 343 g/mol. The molecule has 1 aromatic rings. The van der Waals surface area contributed by atoms with Crippen LogP contribution in [0, 0.1) is 12.8 Å². The number of hydrogen-bond donors (Lipinski definition) is 1. The van der Waals surface area contributed by atoms with Crippen LogP contribution >= 0.6 is 0 Å². The topological polar surface area (TPSA) is 36.9 Å². The molecule has 4 nitrogen and oxygen atoms in total. The average Bonchev–Trinajstić information content (AvgIpc) is 3.27. The Balaban J connectivity index is 1.67. The predicted molar refractivity (Wildman–Crippen MR) is 104 cm³/mol. The van der Waals surface area contributed by atoms with Crippen molar-refractivity contribution >= 4 is 5.96 Å². The van der Waals surface area contributed by atoms with Crippen LogP contribution in [0.2, 0.25) is 0 Å². The van der Waals surface area contributed by atoms with Crippen LogP contribution in [-0.2, 0) is 10.2 Å². The van der Waals surface area contributed by atoms with Crippen LogP contribution < -0.4 is 5.32 Å². The van der Waals surface area contributed by atoms with Gasteiger partial charge in [-0.05, 0) is 31.7 Å². The third-order valence-corrected chi connectivity index (χ3v) is 5.98. The van der Waals surface area contributed by atoms with Crippen molar-refractivity contribution in [3.8, 4) is 0 Å². The first-order valence-electron chi connectivity index (χ1n) is 9.68. The number of hydrogen-bond acceptors (Lipinski definition) is 2. The number of methoxy groups -OCH3 is 1. The van der Waals surface area contributed by atoms with Gasteiger partial charge >= 0.3 is 0 Å². The molecule has 0 bridgehead atoms. The fraction of sp³-hybridized carbons (Fsp3) is 0.667. The highest BCUT2D eigenvalue weighted by Crippen LogP contribution is 2.40. The van der Waals surface area contributed by atoms with Gasteiger partial charge in [0.15, 0.2) is 5.96 Å². The molecule has 2 fully saturated rings. The van der Waals surface area contributed by atoms with E-state index in [9.17, 15) is 0 Å². The SMILES string of the molecule is CN=C(NCC1(c2cccc(C)c2)CCCC1)N1CCC(COC)C1. The number of ether oxygens (including phenoxy) is 1. The molecule has 25 heavy (non-hydrogen) atoms. The van der Waals surface area contributed by atoms with Crippen molar-refractivity contribution in [1.82, 2.24) is 10.2 Å². The zero-order valence-electron chi connectivity index (χ0n) is 16.1. The third kappa shape index (κ3) is 4.17. The van der Waals surface area contributed by atoms with Gasteiger partial charge in [0.1, 0.15) is 0 Å². The van der Waals surface area contributed by atoms with Gasteiger partial charge in [0.25, 0.3) is 0 Å². The molecule has 0 aromatic heterocycles. The van der Waals surface area contributed by atoms with Gasteiger partial charge in [-0.2, -0.15) is 0 Å². The van der Waals surface area contributed by atoms with Crippen molar-refractivity contribution in [2.24, 2.45) is 10.9 Å². The molecule has 0 spiro atoms. The molecule has 1 aromatic carbocycles. The zero-order valence-corrected chi connectivity index (χ0v) is 16.1. The first-order valence-corrected chi connectivity index (χ1v) is 9.68. The van der Waals surface area contributed by atoms with Crippen LogP contribution in [0.3, 0.4) is 0 Å². The molecular formula is C21H33N3O. The van der Waals surface area contributed by atoms with Gasteiger partial charge in [0, 0.05) is 45.1 Å². The van der Waals surface area contributed by atoms with E-state index in [4.69, 9.17) is 4.74 Å². The Morgan fingerprint density at radius 1 is 1.36 bits per heavy atom. The number of aryl methyl sites for hydroxylation is 1. The summed E-state index contributed by atoms with van der Waals surface area (Å²) in [5, 5.41) is 3.71. The Morgan fingerprint density at radius 2 is 2.16 bits per heavy atom. The van der Waals surface area contributed by atoms with Crippen molar-refractivity contribution in [2.45, 2.75) is 44.4 Å². The number of nitrogens with one attached hydrogen (secondary N) is 1. The highest BCUT2D eigenvalue weighted by atomic mass is 16.5. The molecule has 1 aliphatic carbocycles. The standard InChI is InChI=1S/C21H33N3O/c1-17-7-6-8-19(13-17)21(10-4-5-11-21)16-23-20(22-2)24-12-9-18(14-24)15-25-3/h6-8,13,18H,4-5,9-12,14-16H2,1-3H3,(H,22,23). The maximum absolute atomic E-state index is 5.33. The minimum absolute atomic E-state index is 0.258. The van der Waals surface area contributed by atoms with E-state index in [-0.39, 0.29) is 5.41 Å². The second kappa shape index (κ2) is 8.22. The molecule has 3 rings (SSSR count). The van der Waals surface area contributed by atoms with Crippen molar-refractivity contribution in [3.05, 3.63) is 35.4 Å². The molecule has 2 aliphatic rings. The molecule has 1 unspecified atom stereocenters. The van der Waals surface area contributed by atoms with E-state index in [1.165, 1.54) is 43.2 Å². The van der Waals surface area contributed by atoms with Gasteiger partial charge in [0.05, 0.1) is 6.61 Å². The Labute approximate surface area is 152 Å². The van der Waals surface area contributed by atoms with Gasteiger partial charge < -0.3 is 15.0 Å². The Kier molecular flexibility index (Phi) is 6.00. The van der Waals surface area contributed by atoms with E-state index < -0.39 is 0 Å². The van der Waals surface area contributed by atoms with Gasteiger partial charge in [-0.3, -0.25) is 4.99 Å². The van der Waals surface area contributed by atoms with Gasteiger partial charge in [-0.25, -0.2) is 0 Å². The summed E-state index contributed by atoms with van der Waals surface area (Å²) in [5.41, 5.74) is 3.11. The lowest BCUT2D eigenvalue weighted by molar-refractivity contribution is 0.157. The maximum Gasteiger partial charge on any atom is 0.193 e. The predicted octanol–water partition coefficient (Wildman–Crippen LogP) is 3.35. The first kappa shape index (κ1) is 18.2. The fourth-order valence-corrected chi connectivity index (χ4v) is 4.57. The molecular weight excluding hydrogens is 310 g/mol. The lowest BCUT2D eigenvalue weighted by Gasteiger charge is -2.32. The molecule has 1 saturated carbocycles. The van der Waals surface area contributed by atoms with E-state index in [1.807, 2.05) is 7.05 Å². The minimum Gasteiger partial charge on any atom is -0.384 e. The van der Waals surface area contributed by atoms with E-state index in [0.717, 1.165) is 32.2 Å². The molecule has 1 atom stereocenters. The summed E-state index contributed by atoms with van der Waals surface area (Å²) < 4.78 is 5.33. The van der Waals surface area contributed by atoms with Crippen LogP contribution in [-0.4, -0.2) is 51.3 Å². The number of benzene rings is 1. The summed E-state index contributed by atoms with van der Waals surface area (Å²) in [6.45, 7) is 6.14. The van der Waals surface area contributed by atoms with Crippen molar-refractivity contribution in [1.29, 1.82) is 0 Å². The van der Waals surface area contributed by atoms with E-state index in [2.05, 4.69) is 46.4 Å². The molecule has 0 radical (unpaired) electrons. The molecule has 1 heterocycles. The molecule has 1 N–H and O–H groups in total. The second-order valence-corrected chi connectivity index (χ2v) is 7.81. The highest BCUT2D eigenvalue weighted by Gasteiger charge is 2.36. The number of likely N-dealkylation sites (tertiary alicyclic amines) is 1. The zero-order chi connectivity index (χ0) is 17.7. The molecule has 0 amide bonds. The first-order chi connectivity index (χ1) is 12.2. The normalized spacial score (nSPS) is 23.2. The fourth-order valence-electron chi connectivity index (χ4n) is 4.57. The summed E-state index contributed by atoms with van der Waals surface area (Å²) in [5.74, 6) is 1.68. The average molecular weight is 344 g/mol. The van der Waals surface area contributed by atoms with Crippen LogP contribution in [0.15, 0.2) is 29.3 Å². The molecule has 1 aliphatic heterocycles. The Hall–Kier alpha value is -1.55. The van der Waals surface area contributed by atoms with Crippen molar-refractivity contribution in [3.63, 3.8) is 0 Å². The number of guanidine groups is 1. The lowest BCUT2D eigenvalue weighted by Crippen LogP contribution is -2.46.